The van der Waals surface area contributed by atoms with E-state index in [0.29, 0.717) is 23.3 Å². The van der Waals surface area contributed by atoms with Gasteiger partial charge in [0.1, 0.15) is 0 Å². The minimum Gasteiger partial charge on any atom is -0.353 e. The predicted octanol–water partition coefficient (Wildman–Crippen LogP) is 2.15. The number of nitrogens with one attached hydrogen (secondary N) is 2. The van der Waals surface area contributed by atoms with E-state index in [1.165, 1.54) is 0 Å². The van der Waals surface area contributed by atoms with Gasteiger partial charge in [-0.3, -0.25) is 9.59 Å². The highest BCUT2D eigenvalue weighted by Crippen LogP contribution is 2.53. The summed E-state index contributed by atoms with van der Waals surface area (Å²) in [5, 5.41) is 10.3. The molecule has 2 fully saturated rings. The lowest BCUT2D eigenvalue weighted by molar-refractivity contribution is -0.122. The average Bonchev–Trinajstić information content (AvgIpc) is 2.94. The molecule has 2 aliphatic rings. The molecule has 0 aromatic carbocycles. The van der Waals surface area contributed by atoms with Gasteiger partial charge in [-0.2, -0.15) is 5.10 Å². The van der Waals surface area contributed by atoms with Crippen LogP contribution in [0.5, 0.6) is 0 Å². The number of rotatable bonds is 5. The topological polar surface area (TPSA) is 75.5 Å². The van der Waals surface area contributed by atoms with Crippen LogP contribution in [0.4, 0.5) is 0 Å². The number of pyridine rings is 1. The van der Waals surface area contributed by atoms with Crippen LogP contribution in [0.15, 0.2) is 30.6 Å². The molecule has 0 aliphatic heterocycles. The lowest BCUT2D eigenvalue weighted by atomic mass is 9.86. The van der Waals surface area contributed by atoms with Crippen molar-refractivity contribution in [3.05, 3.63) is 36.2 Å². The first-order valence-electron chi connectivity index (χ1n) is 8.95. The summed E-state index contributed by atoms with van der Waals surface area (Å²) < 4.78 is 1.69. The quantitative estimate of drug-likeness (QED) is 0.876. The number of nitrogens with zero attached hydrogens (tertiary/aromatic N) is 2. The second-order valence-corrected chi connectivity index (χ2v) is 8.08. The fourth-order valence-electron chi connectivity index (χ4n) is 3.70. The Morgan fingerprint density at radius 2 is 1.96 bits per heavy atom. The molecule has 6 heteroatoms. The summed E-state index contributed by atoms with van der Waals surface area (Å²) in [7, 11) is 0. The third-order valence-corrected chi connectivity index (χ3v) is 5.67. The molecule has 1 unspecified atom stereocenters. The van der Waals surface area contributed by atoms with E-state index in [1.54, 1.807) is 10.7 Å². The van der Waals surface area contributed by atoms with Crippen LogP contribution < -0.4 is 10.6 Å². The van der Waals surface area contributed by atoms with E-state index >= 15 is 0 Å². The minimum atomic E-state index is -0.0828. The lowest BCUT2D eigenvalue weighted by Gasteiger charge is -2.36. The fourth-order valence-corrected chi connectivity index (χ4v) is 3.70. The van der Waals surface area contributed by atoms with Crippen LogP contribution in [-0.2, 0) is 4.79 Å². The predicted molar refractivity (Wildman–Crippen MR) is 94.1 cm³/mol. The van der Waals surface area contributed by atoms with E-state index in [-0.39, 0.29) is 23.9 Å². The average molecular weight is 340 g/mol. The van der Waals surface area contributed by atoms with E-state index in [9.17, 15) is 9.59 Å². The maximum atomic E-state index is 12.5. The third kappa shape index (κ3) is 3.25. The van der Waals surface area contributed by atoms with Gasteiger partial charge in [0.15, 0.2) is 0 Å². The van der Waals surface area contributed by atoms with Crippen molar-refractivity contribution in [2.45, 2.75) is 51.6 Å². The van der Waals surface area contributed by atoms with Crippen LogP contribution in [0.3, 0.4) is 0 Å². The van der Waals surface area contributed by atoms with Gasteiger partial charge >= 0.3 is 0 Å². The van der Waals surface area contributed by atoms with Crippen molar-refractivity contribution in [1.29, 1.82) is 0 Å². The molecule has 2 aliphatic carbocycles. The molecular weight excluding hydrogens is 316 g/mol. The van der Waals surface area contributed by atoms with Crippen molar-refractivity contribution in [2.75, 3.05) is 0 Å². The smallest absolute Gasteiger partial charge is 0.253 e. The van der Waals surface area contributed by atoms with E-state index in [1.807, 2.05) is 24.4 Å². The summed E-state index contributed by atoms with van der Waals surface area (Å²) in [6.45, 7) is 4.42. The van der Waals surface area contributed by atoms with Gasteiger partial charge < -0.3 is 10.6 Å². The maximum Gasteiger partial charge on any atom is 0.253 e. The molecule has 132 valence electrons. The molecule has 4 rings (SSSR count). The molecule has 6 nitrogen and oxygen atoms in total. The first kappa shape index (κ1) is 16.1. The van der Waals surface area contributed by atoms with Crippen LogP contribution in [0.2, 0.25) is 0 Å². The minimum absolute atomic E-state index is 0.0828. The van der Waals surface area contributed by atoms with E-state index in [0.717, 1.165) is 24.8 Å². The number of amides is 2. The highest BCUT2D eigenvalue weighted by atomic mass is 16.2. The fraction of sp³-hybridized carbons (Fsp3) is 0.526. The molecule has 2 amide bonds. The van der Waals surface area contributed by atoms with Gasteiger partial charge in [0, 0.05) is 24.7 Å². The van der Waals surface area contributed by atoms with E-state index < -0.39 is 0 Å². The van der Waals surface area contributed by atoms with Crippen molar-refractivity contribution in [2.24, 2.45) is 11.3 Å². The Kier molecular flexibility index (Phi) is 3.78. The molecule has 2 aromatic rings. The van der Waals surface area contributed by atoms with Gasteiger partial charge in [-0.25, -0.2) is 4.52 Å². The second-order valence-electron chi connectivity index (χ2n) is 8.08. The van der Waals surface area contributed by atoms with Gasteiger partial charge in [0.25, 0.3) is 5.91 Å². The highest BCUT2D eigenvalue weighted by molar-refractivity contribution is 6.00. The summed E-state index contributed by atoms with van der Waals surface area (Å²) >= 11 is 0. The number of hydrogen-bond acceptors (Lipinski definition) is 3. The Balaban J connectivity index is 1.25. The Labute approximate surface area is 147 Å². The molecule has 0 spiro atoms. The molecule has 2 aromatic heterocycles. The zero-order chi connectivity index (χ0) is 17.6. The Hall–Kier alpha value is -2.37. The molecular formula is C19H24N4O2. The molecule has 2 saturated carbocycles. The van der Waals surface area contributed by atoms with Crippen molar-refractivity contribution in [1.82, 2.24) is 20.2 Å². The summed E-state index contributed by atoms with van der Waals surface area (Å²) in [4.78, 5) is 24.5. The number of carbonyl (C=O) groups is 2. The van der Waals surface area contributed by atoms with Crippen LogP contribution >= 0.6 is 0 Å². The lowest BCUT2D eigenvalue weighted by Crippen LogP contribution is -2.53. The van der Waals surface area contributed by atoms with Gasteiger partial charge in [-0.1, -0.05) is 13.8 Å². The van der Waals surface area contributed by atoms with Crippen LogP contribution in [0, 0.1) is 11.3 Å². The zero-order valence-corrected chi connectivity index (χ0v) is 14.7. The normalized spacial score (nSPS) is 26.7. The van der Waals surface area contributed by atoms with Crippen molar-refractivity contribution in [3.63, 3.8) is 0 Å². The summed E-state index contributed by atoms with van der Waals surface area (Å²) in [5.41, 5.74) is 1.77. The molecule has 0 saturated heterocycles. The SMILES string of the molecule is CC1(C)CC1CC(=O)NC1CC(NC(=O)c2cccn3nccc23)C1. The molecule has 1 atom stereocenters. The van der Waals surface area contributed by atoms with Crippen LogP contribution in [0.25, 0.3) is 5.52 Å². The van der Waals surface area contributed by atoms with Crippen molar-refractivity contribution >= 4 is 17.3 Å². The molecule has 25 heavy (non-hydrogen) atoms. The Bertz CT molecular complexity index is 820. The Morgan fingerprint density at radius 3 is 2.68 bits per heavy atom. The van der Waals surface area contributed by atoms with Gasteiger partial charge in [0.2, 0.25) is 5.91 Å². The molecule has 2 heterocycles. The van der Waals surface area contributed by atoms with Crippen molar-refractivity contribution in [3.8, 4) is 0 Å². The largest absolute Gasteiger partial charge is 0.353 e. The number of carbonyl (C=O) groups excluding carboxylic acids is 2. The number of fused-ring (bicyclic) bond motifs is 1. The second kappa shape index (κ2) is 5.86. The van der Waals surface area contributed by atoms with Crippen LogP contribution in [0.1, 0.15) is 49.9 Å². The molecule has 0 bridgehead atoms. The van der Waals surface area contributed by atoms with Gasteiger partial charge in [0.05, 0.1) is 17.3 Å². The highest BCUT2D eigenvalue weighted by Gasteiger charge is 2.46. The zero-order valence-electron chi connectivity index (χ0n) is 14.7. The Morgan fingerprint density at radius 1 is 1.24 bits per heavy atom. The first-order chi connectivity index (χ1) is 11.9. The molecule has 2 N–H and O–H groups in total. The maximum absolute atomic E-state index is 12.5. The summed E-state index contributed by atoms with van der Waals surface area (Å²) in [6, 6.07) is 5.77. The van der Waals surface area contributed by atoms with Gasteiger partial charge in [-0.15, -0.1) is 0 Å². The standard InChI is InChI=1S/C19H24N4O2/c1-19(2)11-12(19)8-17(24)21-13-9-14(10-13)22-18(25)15-4-3-7-23-16(15)5-6-20-23/h3-7,12-14H,8-11H2,1-2H3,(H,21,24)(H,22,25). The van der Waals surface area contributed by atoms with Gasteiger partial charge in [-0.05, 0) is 48.8 Å². The number of aromatic nitrogens is 2. The van der Waals surface area contributed by atoms with Crippen molar-refractivity contribution < 1.29 is 9.59 Å². The third-order valence-electron chi connectivity index (χ3n) is 5.67. The summed E-state index contributed by atoms with van der Waals surface area (Å²) in [5.74, 6) is 0.592. The van der Waals surface area contributed by atoms with E-state index in [2.05, 4.69) is 29.6 Å². The monoisotopic (exact) mass is 340 g/mol. The first-order valence-corrected chi connectivity index (χ1v) is 8.95. The van der Waals surface area contributed by atoms with E-state index in [4.69, 9.17) is 0 Å². The summed E-state index contributed by atoms with van der Waals surface area (Å²) in [6.07, 6.45) is 6.87. The van der Waals surface area contributed by atoms with Crippen LogP contribution in [-0.4, -0.2) is 33.5 Å². The molecule has 0 radical (unpaired) electrons. The number of hydrogen-bond donors (Lipinski definition) is 2.